The standard InChI is InChI=1S/C22H23FN4O3/c1-30-18-7-5-17(6-8-18)24-19(28)14-27-11-9-22(10-12-27)25-20(21(29)26-22)15-3-2-4-16(23)13-15/h2-8,13H,9-12,14H2,1H3,(H,24,28)(H,26,29). The third kappa shape index (κ3) is 4.33. The summed E-state index contributed by atoms with van der Waals surface area (Å²) in [5.41, 5.74) is 0.773. The van der Waals surface area contributed by atoms with Gasteiger partial charge in [-0.25, -0.2) is 4.39 Å². The van der Waals surface area contributed by atoms with Crippen LogP contribution in [0.1, 0.15) is 18.4 Å². The van der Waals surface area contributed by atoms with Crippen molar-refractivity contribution in [1.29, 1.82) is 0 Å². The molecule has 7 nitrogen and oxygen atoms in total. The largest absolute Gasteiger partial charge is 0.497 e. The van der Waals surface area contributed by atoms with E-state index in [0.29, 0.717) is 37.2 Å². The normalized spacial score (nSPS) is 18.1. The van der Waals surface area contributed by atoms with E-state index in [1.165, 1.54) is 12.1 Å². The fraction of sp³-hybridized carbons (Fsp3) is 0.318. The van der Waals surface area contributed by atoms with Crippen LogP contribution in [0.4, 0.5) is 10.1 Å². The molecule has 0 atom stereocenters. The molecule has 1 spiro atoms. The first-order chi connectivity index (χ1) is 14.5. The third-order valence-electron chi connectivity index (χ3n) is 5.41. The third-order valence-corrected chi connectivity index (χ3v) is 5.41. The van der Waals surface area contributed by atoms with Crippen LogP contribution >= 0.6 is 0 Å². The van der Waals surface area contributed by atoms with Crippen LogP contribution in [0.3, 0.4) is 0 Å². The van der Waals surface area contributed by atoms with Crippen LogP contribution in [0.25, 0.3) is 0 Å². The van der Waals surface area contributed by atoms with Crippen molar-refractivity contribution in [3.8, 4) is 5.75 Å². The Morgan fingerprint density at radius 1 is 1.23 bits per heavy atom. The van der Waals surface area contributed by atoms with Gasteiger partial charge in [-0.2, -0.15) is 0 Å². The molecule has 2 heterocycles. The maximum atomic E-state index is 13.5. The van der Waals surface area contributed by atoms with Gasteiger partial charge in [-0.15, -0.1) is 0 Å². The minimum absolute atomic E-state index is 0.101. The van der Waals surface area contributed by atoms with Crippen molar-refractivity contribution in [3.05, 3.63) is 59.9 Å². The van der Waals surface area contributed by atoms with E-state index in [1.807, 2.05) is 4.90 Å². The predicted molar refractivity (Wildman–Crippen MR) is 111 cm³/mol. The first-order valence-corrected chi connectivity index (χ1v) is 9.81. The second-order valence-electron chi connectivity index (χ2n) is 7.51. The number of carbonyl (C=O) groups is 2. The van der Waals surface area contributed by atoms with Gasteiger partial charge in [-0.05, 0) is 36.4 Å². The summed E-state index contributed by atoms with van der Waals surface area (Å²) >= 11 is 0. The van der Waals surface area contributed by atoms with Crippen LogP contribution in [0, 0.1) is 5.82 Å². The number of ether oxygens (including phenoxy) is 1. The lowest BCUT2D eigenvalue weighted by Crippen LogP contribution is -2.52. The van der Waals surface area contributed by atoms with Crippen molar-refractivity contribution in [2.45, 2.75) is 18.5 Å². The Balaban J connectivity index is 1.34. The summed E-state index contributed by atoms with van der Waals surface area (Å²) in [6, 6.07) is 13.1. The number of likely N-dealkylation sites (tertiary alicyclic amines) is 1. The lowest BCUT2D eigenvalue weighted by molar-refractivity contribution is -0.119. The zero-order chi connectivity index (χ0) is 21.1. The number of anilines is 1. The van der Waals surface area contributed by atoms with Gasteiger partial charge in [0.2, 0.25) is 5.91 Å². The molecule has 2 aliphatic rings. The Morgan fingerprint density at radius 2 is 1.97 bits per heavy atom. The number of piperidine rings is 1. The Kier molecular flexibility index (Phi) is 5.50. The van der Waals surface area contributed by atoms with E-state index < -0.39 is 11.5 Å². The van der Waals surface area contributed by atoms with E-state index in [2.05, 4.69) is 15.6 Å². The number of hydrogen-bond donors (Lipinski definition) is 2. The maximum Gasteiger partial charge on any atom is 0.272 e. The number of aliphatic imine (C=N–C) groups is 1. The highest BCUT2D eigenvalue weighted by Crippen LogP contribution is 2.29. The summed E-state index contributed by atoms with van der Waals surface area (Å²) in [6.07, 6.45) is 1.18. The van der Waals surface area contributed by atoms with Crippen molar-refractivity contribution in [1.82, 2.24) is 10.2 Å². The van der Waals surface area contributed by atoms with Crippen molar-refractivity contribution in [2.24, 2.45) is 4.99 Å². The molecule has 0 saturated carbocycles. The van der Waals surface area contributed by atoms with Crippen LogP contribution in [-0.4, -0.2) is 54.8 Å². The van der Waals surface area contributed by atoms with Crippen LogP contribution in [0.2, 0.25) is 0 Å². The lowest BCUT2D eigenvalue weighted by atomic mass is 9.98. The summed E-state index contributed by atoms with van der Waals surface area (Å²) in [4.78, 5) is 31.4. The zero-order valence-corrected chi connectivity index (χ0v) is 16.7. The van der Waals surface area contributed by atoms with E-state index in [0.717, 1.165) is 5.75 Å². The number of amides is 2. The highest BCUT2D eigenvalue weighted by atomic mass is 19.1. The Morgan fingerprint density at radius 3 is 2.63 bits per heavy atom. The highest BCUT2D eigenvalue weighted by Gasteiger charge is 2.42. The van der Waals surface area contributed by atoms with Crippen molar-refractivity contribution < 1.29 is 18.7 Å². The average Bonchev–Trinajstić information content (AvgIpc) is 3.06. The highest BCUT2D eigenvalue weighted by molar-refractivity contribution is 6.46. The fourth-order valence-electron chi connectivity index (χ4n) is 3.79. The number of nitrogens with one attached hydrogen (secondary N) is 2. The minimum Gasteiger partial charge on any atom is -0.497 e. The van der Waals surface area contributed by atoms with Crippen LogP contribution < -0.4 is 15.4 Å². The zero-order valence-electron chi connectivity index (χ0n) is 16.7. The maximum absolute atomic E-state index is 13.5. The topological polar surface area (TPSA) is 83.0 Å². The molecular formula is C22H23FN4O3. The van der Waals surface area contributed by atoms with E-state index in [4.69, 9.17) is 4.74 Å². The quantitative estimate of drug-likeness (QED) is 0.792. The van der Waals surface area contributed by atoms with Crippen molar-refractivity contribution in [3.63, 3.8) is 0 Å². The molecule has 30 heavy (non-hydrogen) atoms. The van der Waals surface area contributed by atoms with Crippen LogP contribution in [0.5, 0.6) is 5.75 Å². The van der Waals surface area contributed by atoms with Gasteiger partial charge in [-0.1, -0.05) is 12.1 Å². The van der Waals surface area contributed by atoms with Gasteiger partial charge in [-0.3, -0.25) is 19.5 Å². The van der Waals surface area contributed by atoms with E-state index in [1.54, 1.807) is 43.5 Å². The van der Waals surface area contributed by atoms with Gasteiger partial charge < -0.3 is 15.4 Å². The lowest BCUT2D eigenvalue weighted by Gasteiger charge is -2.36. The molecule has 0 aromatic heterocycles. The summed E-state index contributed by atoms with van der Waals surface area (Å²) < 4.78 is 18.6. The molecule has 4 rings (SSSR count). The molecular weight excluding hydrogens is 387 g/mol. The smallest absolute Gasteiger partial charge is 0.272 e. The summed E-state index contributed by atoms with van der Waals surface area (Å²) in [6.45, 7) is 1.50. The number of halogens is 1. The minimum atomic E-state index is -0.679. The number of methoxy groups -OCH3 is 1. The van der Waals surface area contributed by atoms with Gasteiger partial charge in [0.25, 0.3) is 5.91 Å². The van der Waals surface area contributed by atoms with Crippen LogP contribution in [-0.2, 0) is 9.59 Å². The van der Waals surface area contributed by atoms with E-state index >= 15 is 0 Å². The van der Waals surface area contributed by atoms with Gasteiger partial charge in [0.1, 0.15) is 22.9 Å². The van der Waals surface area contributed by atoms with Gasteiger partial charge in [0, 0.05) is 37.2 Å². The van der Waals surface area contributed by atoms with Crippen molar-refractivity contribution >= 4 is 23.2 Å². The second-order valence-corrected chi connectivity index (χ2v) is 7.51. The fourth-order valence-corrected chi connectivity index (χ4v) is 3.79. The predicted octanol–water partition coefficient (Wildman–Crippen LogP) is 2.18. The molecule has 1 saturated heterocycles. The van der Waals surface area contributed by atoms with E-state index in [-0.39, 0.29) is 24.1 Å². The number of carbonyl (C=O) groups excluding carboxylic acids is 2. The number of benzene rings is 2. The molecule has 2 aliphatic heterocycles. The first-order valence-electron chi connectivity index (χ1n) is 9.81. The molecule has 1 fully saturated rings. The SMILES string of the molecule is COc1ccc(NC(=O)CN2CCC3(CC2)N=C(c2cccc(F)c2)C(=O)N3)cc1. The molecule has 0 aliphatic carbocycles. The van der Waals surface area contributed by atoms with Gasteiger partial charge in [0.05, 0.1) is 13.7 Å². The Bertz CT molecular complexity index is 982. The second kappa shape index (κ2) is 8.23. The average molecular weight is 410 g/mol. The van der Waals surface area contributed by atoms with Crippen molar-refractivity contribution in [2.75, 3.05) is 32.1 Å². The Labute approximate surface area is 173 Å². The first kappa shape index (κ1) is 20.0. The van der Waals surface area contributed by atoms with Crippen LogP contribution in [0.15, 0.2) is 53.5 Å². The molecule has 2 aromatic carbocycles. The monoisotopic (exact) mass is 410 g/mol. The van der Waals surface area contributed by atoms with Gasteiger partial charge >= 0.3 is 0 Å². The Hall–Kier alpha value is -3.26. The molecule has 0 bridgehead atoms. The molecule has 2 aromatic rings. The summed E-state index contributed by atoms with van der Waals surface area (Å²) in [5, 5.41) is 5.83. The number of rotatable bonds is 5. The van der Waals surface area contributed by atoms with E-state index in [9.17, 15) is 14.0 Å². The molecule has 2 N–H and O–H groups in total. The molecule has 8 heteroatoms. The molecule has 2 amide bonds. The molecule has 0 radical (unpaired) electrons. The summed E-state index contributed by atoms with van der Waals surface area (Å²) in [7, 11) is 1.59. The molecule has 156 valence electrons. The molecule has 0 unspecified atom stereocenters. The van der Waals surface area contributed by atoms with Gasteiger partial charge in [0.15, 0.2) is 0 Å². The summed E-state index contributed by atoms with van der Waals surface area (Å²) in [5.74, 6) is -0.0606. The number of hydrogen-bond acceptors (Lipinski definition) is 5. The number of nitrogens with zero attached hydrogens (tertiary/aromatic N) is 2.